The third kappa shape index (κ3) is 3.40. The summed E-state index contributed by atoms with van der Waals surface area (Å²) in [5.41, 5.74) is 2.68. The molecule has 3 aliphatic rings. The fraction of sp³-hybridized carbons (Fsp3) is 0.632. The minimum Gasteiger partial charge on any atom is -0.340 e. The molecule has 26 heavy (non-hydrogen) atoms. The van der Waals surface area contributed by atoms with Gasteiger partial charge in [0.05, 0.1) is 0 Å². The molecule has 1 aromatic rings. The molecule has 7 heteroatoms. The average molecular weight is 378 g/mol. The standard InChI is InChI=1S/C19H27N3O3S/c23-19(15-17-8-7-16-5-1-2-6-18(16)17)20-11-13-22(14-12-20)26(24,25)21-9-3-4-10-21/h1-2,5-6,17H,3-4,7-15H2/t17-/m0/s1. The second kappa shape index (κ2) is 7.29. The van der Waals surface area contributed by atoms with E-state index in [0.29, 0.717) is 51.6 Å². The zero-order valence-electron chi connectivity index (χ0n) is 15.1. The summed E-state index contributed by atoms with van der Waals surface area (Å²) in [6.45, 7) is 3.07. The molecule has 142 valence electrons. The molecule has 0 radical (unpaired) electrons. The van der Waals surface area contributed by atoms with Gasteiger partial charge < -0.3 is 4.90 Å². The van der Waals surface area contributed by atoms with Crippen molar-refractivity contribution in [1.82, 2.24) is 13.5 Å². The second-order valence-electron chi connectivity index (χ2n) is 7.53. The van der Waals surface area contributed by atoms with Crippen LogP contribution in [-0.2, 0) is 21.4 Å². The number of carbonyl (C=O) groups excluding carboxylic acids is 1. The minimum absolute atomic E-state index is 0.157. The summed E-state index contributed by atoms with van der Waals surface area (Å²) in [5, 5.41) is 0. The largest absolute Gasteiger partial charge is 0.340 e. The fourth-order valence-corrected chi connectivity index (χ4v) is 6.12. The summed E-state index contributed by atoms with van der Waals surface area (Å²) in [4.78, 5) is 14.6. The Morgan fingerprint density at radius 3 is 2.35 bits per heavy atom. The first kappa shape index (κ1) is 17.9. The number of amides is 1. The number of fused-ring (bicyclic) bond motifs is 1. The van der Waals surface area contributed by atoms with Gasteiger partial charge in [0.15, 0.2) is 0 Å². The molecule has 2 heterocycles. The van der Waals surface area contributed by atoms with Gasteiger partial charge in [-0.05, 0) is 42.7 Å². The van der Waals surface area contributed by atoms with Crippen LogP contribution in [0.25, 0.3) is 0 Å². The molecule has 0 N–H and O–H groups in total. The highest BCUT2D eigenvalue weighted by molar-refractivity contribution is 7.86. The van der Waals surface area contributed by atoms with Crippen molar-refractivity contribution < 1.29 is 13.2 Å². The number of carbonyl (C=O) groups is 1. The lowest BCUT2D eigenvalue weighted by Crippen LogP contribution is -2.53. The summed E-state index contributed by atoms with van der Waals surface area (Å²) in [5.74, 6) is 0.468. The molecule has 2 saturated heterocycles. The Hall–Kier alpha value is -1.44. The Balaban J connectivity index is 1.33. The minimum atomic E-state index is -3.34. The quantitative estimate of drug-likeness (QED) is 0.801. The second-order valence-corrected chi connectivity index (χ2v) is 9.46. The number of hydrogen-bond donors (Lipinski definition) is 0. The van der Waals surface area contributed by atoms with Gasteiger partial charge in [-0.1, -0.05) is 24.3 Å². The predicted molar refractivity (Wildman–Crippen MR) is 100 cm³/mol. The monoisotopic (exact) mass is 377 g/mol. The van der Waals surface area contributed by atoms with Gasteiger partial charge >= 0.3 is 0 Å². The molecule has 0 spiro atoms. The lowest BCUT2D eigenvalue weighted by molar-refractivity contribution is -0.132. The van der Waals surface area contributed by atoms with Gasteiger partial charge in [-0.3, -0.25) is 4.79 Å². The Labute approximate surface area is 155 Å². The van der Waals surface area contributed by atoms with E-state index in [1.165, 1.54) is 11.1 Å². The van der Waals surface area contributed by atoms with E-state index >= 15 is 0 Å². The molecule has 6 nitrogen and oxygen atoms in total. The Morgan fingerprint density at radius 2 is 1.62 bits per heavy atom. The molecular weight excluding hydrogens is 350 g/mol. The van der Waals surface area contributed by atoms with Crippen LogP contribution in [0.1, 0.15) is 42.7 Å². The van der Waals surface area contributed by atoms with E-state index in [2.05, 4.69) is 18.2 Å². The van der Waals surface area contributed by atoms with Crippen molar-refractivity contribution in [1.29, 1.82) is 0 Å². The summed E-state index contributed by atoms with van der Waals surface area (Å²) < 4.78 is 28.4. The van der Waals surface area contributed by atoms with E-state index in [4.69, 9.17) is 0 Å². The van der Waals surface area contributed by atoms with Crippen LogP contribution in [0.3, 0.4) is 0 Å². The van der Waals surface area contributed by atoms with Crippen molar-refractivity contribution in [2.45, 2.75) is 38.0 Å². The summed E-state index contributed by atoms with van der Waals surface area (Å²) in [7, 11) is -3.34. The van der Waals surface area contributed by atoms with Crippen molar-refractivity contribution in [2.75, 3.05) is 39.3 Å². The molecular formula is C19H27N3O3S. The molecule has 0 bridgehead atoms. The topological polar surface area (TPSA) is 60.9 Å². The zero-order valence-corrected chi connectivity index (χ0v) is 16.0. The van der Waals surface area contributed by atoms with Gasteiger partial charge in [0.25, 0.3) is 10.2 Å². The molecule has 1 aliphatic carbocycles. The molecule has 0 saturated carbocycles. The molecule has 0 unspecified atom stereocenters. The van der Waals surface area contributed by atoms with E-state index in [-0.39, 0.29) is 5.91 Å². The van der Waals surface area contributed by atoms with Gasteiger partial charge in [0, 0.05) is 45.7 Å². The Morgan fingerprint density at radius 1 is 0.962 bits per heavy atom. The zero-order chi connectivity index (χ0) is 18.1. The predicted octanol–water partition coefficient (Wildman–Crippen LogP) is 1.59. The first-order valence-electron chi connectivity index (χ1n) is 9.66. The van der Waals surface area contributed by atoms with Crippen molar-refractivity contribution in [3.63, 3.8) is 0 Å². The van der Waals surface area contributed by atoms with Crippen LogP contribution >= 0.6 is 0 Å². The van der Waals surface area contributed by atoms with Crippen molar-refractivity contribution in [2.24, 2.45) is 0 Å². The average Bonchev–Trinajstić information content (AvgIpc) is 3.33. The number of aryl methyl sites for hydroxylation is 1. The van der Waals surface area contributed by atoms with E-state index in [0.717, 1.165) is 25.7 Å². The van der Waals surface area contributed by atoms with Crippen LogP contribution in [0.2, 0.25) is 0 Å². The van der Waals surface area contributed by atoms with Gasteiger partial charge in [-0.25, -0.2) is 0 Å². The number of hydrogen-bond acceptors (Lipinski definition) is 3. The number of nitrogens with zero attached hydrogens (tertiary/aromatic N) is 3. The van der Waals surface area contributed by atoms with Crippen molar-refractivity contribution in [3.05, 3.63) is 35.4 Å². The number of piperazine rings is 1. The Bertz CT molecular complexity index is 766. The maximum absolute atomic E-state index is 12.7. The molecule has 2 fully saturated rings. The van der Waals surface area contributed by atoms with Gasteiger partial charge in [-0.2, -0.15) is 17.0 Å². The highest BCUT2D eigenvalue weighted by Crippen LogP contribution is 2.35. The molecule has 1 atom stereocenters. The molecule has 0 aromatic heterocycles. The van der Waals surface area contributed by atoms with Crippen LogP contribution in [0.15, 0.2) is 24.3 Å². The first-order chi connectivity index (χ1) is 12.6. The maximum Gasteiger partial charge on any atom is 0.282 e. The fourth-order valence-electron chi connectivity index (χ4n) is 4.45. The third-order valence-electron chi connectivity index (χ3n) is 5.99. The van der Waals surface area contributed by atoms with Gasteiger partial charge in [0.2, 0.25) is 5.91 Å². The summed E-state index contributed by atoms with van der Waals surface area (Å²) in [6, 6.07) is 8.40. The summed E-state index contributed by atoms with van der Waals surface area (Å²) in [6.07, 6.45) is 4.52. The normalized spacial score (nSPS) is 24.8. The lowest BCUT2D eigenvalue weighted by atomic mass is 9.97. The van der Waals surface area contributed by atoms with Gasteiger partial charge in [-0.15, -0.1) is 0 Å². The molecule has 1 aromatic carbocycles. The van der Waals surface area contributed by atoms with Crippen LogP contribution in [0, 0.1) is 0 Å². The SMILES string of the molecule is O=C(C[C@@H]1CCc2ccccc21)N1CCN(S(=O)(=O)N2CCCC2)CC1. The van der Waals surface area contributed by atoms with E-state index in [1.54, 1.807) is 8.61 Å². The maximum atomic E-state index is 12.7. The Kier molecular flexibility index (Phi) is 5.03. The van der Waals surface area contributed by atoms with Crippen LogP contribution < -0.4 is 0 Å². The van der Waals surface area contributed by atoms with E-state index in [9.17, 15) is 13.2 Å². The lowest BCUT2D eigenvalue weighted by Gasteiger charge is -2.36. The third-order valence-corrected chi connectivity index (χ3v) is 8.02. The number of benzene rings is 1. The van der Waals surface area contributed by atoms with Crippen LogP contribution in [0.5, 0.6) is 0 Å². The molecule has 1 amide bonds. The van der Waals surface area contributed by atoms with Gasteiger partial charge in [0.1, 0.15) is 0 Å². The first-order valence-corrected chi connectivity index (χ1v) is 11.1. The highest BCUT2D eigenvalue weighted by atomic mass is 32.2. The van der Waals surface area contributed by atoms with E-state index in [1.807, 2.05) is 11.0 Å². The van der Waals surface area contributed by atoms with Crippen LogP contribution in [0.4, 0.5) is 0 Å². The van der Waals surface area contributed by atoms with Crippen molar-refractivity contribution in [3.8, 4) is 0 Å². The molecule has 2 aliphatic heterocycles. The smallest absolute Gasteiger partial charge is 0.282 e. The van der Waals surface area contributed by atoms with Crippen molar-refractivity contribution >= 4 is 16.1 Å². The number of rotatable bonds is 4. The highest BCUT2D eigenvalue weighted by Gasteiger charge is 2.35. The molecule has 4 rings (SSSR count). The van der Waals surface area contributed by atoms with E-state index < -0.39 is 10.2 Å². The van der Waals surface area contributed by atoms with Crippen LogP contribution in [-0.4, -0.2) is 67.1 Å². The summed E-state index contributed by atoms with van der Waals surface area (Å²) >= 11 is 0.